The molecule has 0 heterocycles. The van der Waals surface area contributed by atoms with Crippen molar-refractivity contribution in [1.82, 2.24) is 0 Å². The molecule has 0 fully saturated rings. The van der Waals surface area contributed by atoms with Crippen LogP contribution in [0.2, 0.25) is 5.02 Å². The number of rotatable bonds is 2. The van der Waals surface area contributed by atoms with E-state index in [2.05, 4.69) is 4.40 Å². The molecule has 0 aromatic heterocycles. The highest BCUT2D eigenvalue weighted by atomic mass is 35.5. The number of hydrogen-bond acceptors (Lipinski definition) is 3. The number of alkyl halides is 3. The van der Waals surface area contributed by atoms with E-state index in [-0.39, 0.29) is 5.02 Å². The fourth-order valence-electron chi connectivity index (χ4n) is 0.845. The van der Waals surface area contributed by atoms with Gasteiger partial charge in [-0.15, -0.1) is 0 Å². The molecule has 0 saturated heterocycles. The smallest absolute Gasteiger partial charge is 0.518 e. The third-order valence-electron chi connectivity index (χ3n) is 1.60. The lowest BCUT2D eigenvalue weighted by Crippen LogP contribution is -2.27. The zero-order chi connectivity index (χ0) is 13.3. The first-order chi connectivity index (χ1) is 7.65. The Hall–Kier alpha value is -1.28. The summed E-state index contributed by atoms with van der Waals surface area (Å²) in [6.45, 7) is 0. The molecule has 4 nitrogen and oxygen atoms in total. The predicted molar refractivity (Wildman–Crippen MR) is 53.0 cm³/mol. The number of sulfonamides is 1. The van der Waals surface area contributed by atoms with Crippen molar-refractivity contribution in [3.8, 4) is 0 Å². The molecule has 0 saturated carbocycles. The summed E-state index contributed by atoms with van der Waals surface area (Å²) in [5, 5.41) is 11.0. The monoisotopic (exact) mass is 286 g/mol. The SMILES string of the molecule is O=S(=O)(/N=C(\[O-])c1ccccc1Cl)C(F)(F)F. The quantitative estimate of drug-likeness (QED) is 0.608. The maximum absolute atomic E-state index is 11.9. The molecule has 0 aliphatic heterocycles. The van der Waals surface area contributed by atoms with Gasteiger partial charge in [-0.25, -0.2) is 0 Å². The Morgan fingerprint density at radius 1 is 1.29 bits per heavy atom. The van der Waals surface area contributed by atoms with Crippen molar-refractivity contribution < 1.29 is 26.7 Å². The van der Waals surface area contributed by atoms with Gasteiger partial charge in [0.15, 0.2) is 0 Å². The van der Waals surface area contributed by atoms with Crippen molar-refractivity contribution in [3.05, 3.63) is 34.9 Å². The molecule has 0 bridgehead atoms. The van der Waals surface area contributed by atoms with Gasteiger partial charge in [0.25, 0.3) is 0 Å². The Balaban J connectivity index is 3.24. The Labute approximate surface area is 99.4 Å². The Morgan fingerprint density at radius 2 is 1.82 bits per heavy atom. The van der Waals surface area contributed by atoms with E-state index in [0.29, 0.717) is 0 Å². The van der Waals surface area contributed by atoms with Crippen molar-refractivity contribution in [1.29, 1.82) is 0 Å². The zero-order valence-corrected chi connectivity index (χ0v) is 9.47. The van der Waals surface area contributed by atoms with Crippen LogP contribution in [0.5, 0.6) is 0 Å². The van der Waals surface area contributed by atoms with E-state index < -0.39 is 27.0 Å². The highest BCUT2D eigenvalue weighted by molar-refractivity contribution is 7.91. The largest absolute Gasteiger partial charge is 0.858 e. The second-order valence-corrected chi connectivity index (χ2v) is 4.80. The molecule has 0 spiro atoms. The van der Waals surface area contributed by atoms with Crippen molar-refractivity contribution in [3.63, 3.8) is 0 Å². The minimum Gasteiger partial charge on any atom is -0.858 e. The molecule has 0 radical (unpaired) electrons. The van der Waals surface area contributed by atoms with Gasteiger partial charge in [-0.1, -0.05) is 29.8 Å². The first kappa shape index (κ1) is 13.8. The van der Waals surface area contributed by atoms with Crippen LogP contribution in [0.1, 0.15) is 5.56 Å². The minimum atomic E-state index is -5.85. The molecule has 0 atom stereocenters. The second kappa shape index (κ2) is 4.53. The summed E-state index contributed by atoms with van der Waals surface area (Å²) in [6.07, 6.45) is 0. The van der Waals surface area contributed by atoms with Gasteiger partial charge in [0, 0.05) is 16.5 Å². The summed E-state index contributed by atoms with van der Waals surface area (Å²) in [5.74, 6) is -1.56. The normalized spacial score (nSPS) is 13.8. The topological polar surface area (TPSA) is 69.6 Å². The molecule has 0 amide bonds. The van der Waals surface area contributed by atoms with Gasteiger partial charge in [-0.2, -0.15) is 26.0 Å². The average Bonchev–Trinajstić information content (AvgIpc) is 2.15. The fourth-order valence-corrected chi connectivity index (χ4v) is 1.48. The minimum absolute atomic E-state index is 0.182. The summed E-state index contributed by atoms with van der Waals surface area (Å²) >= 11 is 5.51. The summed E-state index contributed by atoms with van der Waals surface area (Å²) in [5.41, 5.74) is -6.02. The van der Waals surface area contributed by atoms with Crippen LogP contribution in [-0.2, 0) is 10.0 Å². The molecule has 1 aromatic rings. The maximum Gasteiger partial charge on any atom is 0.518 e. The van der Waals surface area contributed by atoms with E-state index in [9.17, 15) is 26.7 Å². The van der Waals surface area contributed by atoms with Gasteiger partial charge < -0.3 is 5.11 Å². The first-order valence-electron chi connectivity index (χ1n) is 3.98. The Morgan fingerprint density at radius 3 is 2.29 bits per heavy atom. The van der Waals surface area contributed by atoms with Gasteiger partial charge in [-0.05, 0) is 6.07 Å². The maximum atomic E-state index is 11.9. The molecule has 17 heavy (non-hydrogen) atoms. The van der Waals surface area contributed by atoms with Gasteiger partial charge in [0.05, 0.1) is 0 Å². The van der Waals surface area contributed by atoms with Crippen molar-refractivity contribution in [2.75, 3.05) is 0 Å². The van der Waals surface area contributed by atoms with Crippen LogP contribution in [0.25, 0.3) is 0 Å². The van der Waals surface area contributed by atoms with E-state index in [4.69, 9.17) is 11.6 Å². The van der Waals surface area contributed by atoms with Crippen LogP contribution in [-0.4, -0.2) is 19.8 Å². The molecular formula is C8H4ClF3NO3S-. The molecule has 0 unspecified atom stereocenters. The molecule has 9 heteroatoms. The molecule has 0 aliphatic rings. The highest BCUT2D eigenvalue weighted by Gasteiger charge is 2.45. The van der Waals surface area contributed by atoms with Crippen LogP contribution in [0, 0.1) is 0 Å². The fraction of sp³-hybridized carbons (Fsp3) is 0.125. The van der Waals surface area contributed by atoms with Gasteiger partial charge in [-0.3, -0.25) is 0 Å². The Kier molecular flexibility index (Phi) is 3.68. The predicted octanol–water partition coefficient (Wildman–Crippen LogP) is 1.30. The summed E-state index contributed by atoms with van der Waals surface area (Å²) in [7, 11) is -5.85. The van der Waals surface area contributed by atoms with E-state index in [0.717, 1.165) is 6.07 Å². The van der Waals surface area contributed by atoms with Crippen LogP contribution in [0.15, 0.2) is 28.7 Å². The lowest BCUT2D eigenvalue weighted by atomic mass is 10.2. The van der Waals surface area contributed by atoms with Crippen LogP contribution in [0.3, 0.4) is 0 Å². The van der Waals surface area contributed by atoms with Crippen LogP contribution in [0.4, 0.5) is 13.2 Å². The average molecular weight is 287 g/mol. The van der Waals surface area contributed by atoms with E-state index in [1.807, 2.05) is 0 Å². The van der Waals surface area contributed by atoms with Crippen molar-refractivity contribution >= 4 is 27.5 Å². The van der Waals surface area contributed by atoms with Crippen molar-refractivity contribution in [2.45, 2.75) is 5.51 Å². The summed E-state index contributed by atoms with van der Waals surface area (Å²) in [4.78, 5) is 0. The van der Waals surface area contributed by atoms with Crippen LogP contribution >= 0.6 is 11.6 Å². The van der Waals surface area contributed by atoms with E-state index >= 15 is 0 Å². The lowest BCUT2D eigenvalue weighted by Gasteiger charge is -2.12. The van der Waals surface area contributed by atoms with Gasteiger partial charge >= 0.3 is 15.5 Å². The lowest BCUT2D eigenvalue weighted by molar-refractivity contribution is -0.212. The van der Waals surface area contributed by atoms with Gasteiger partial charge in [0.2, 0.25) is 0 Å². The molecule has 1 rings (SSSR count). The number of halogens is 4. The van der Waals surface area contributed by atoms with E-state index in [1.54, 1.807) is 0 Å². The van der Waals surface area contributed by atoms with E-state index in [1.165, 1.54) is 18.2 Å². The molecule has 94 valence electrons. The standard InChI is InChI=1S/C8H5ClF3NO3S/c9-6-4-2-1-3-5(6)7(14)13-17(15,16)8(10,11)12/h1-4H,(H,13,14)/p-1. The highest BCUT2D eigenvalue weighted by Crippen LogP contribution is 2.25. The third kappa shape index (κ3) is 3.10. The van der Waals surface area contributed by atoms with Crippen molar-refractivity contribution in [2.24, 2.45) is 4.40 Å². The summed E-state index contributed by atoms with van der Waals surface area (Å²) in [6, 6.07) is 5.04. The molecule has 0 N–H and O–H groups in total. The van der Waals surface area contributed by atoms with Gasteiger partial charge in [0.1, 0.15) is 0 Å². The third-order valence-corrected chi connectivity index (χ3v) is 2.92. The number of nitrogens with zero attached hydrogens (tertiary/aromatic N) is 1. The molecule has 1 aromatic carbocycles. The Bertz CT molecular complexity index is 553. The zero-order valence-electron chi connectivity index (χ0n) is 7.90. The second-order valence-electron chi connectivity index (χ2n) is 2.80. The first-order valence-corrected chi connectivity index (χ1v) is 5.80. The molecule has 0 aliphatic carbocycles. The van der Waals surface area contributed by atoms with Crippen LogP contribution < -0.4 is 5.11 Å². The number of benzene rings is 1. The summed E-state index contributed by atoms with van der Waals surface area (Å²) < 4.78 is 59.1. The number of hydrogen-bond donors (Lipinski definition) is 0. The molecular weight excluding hydrogens is 283 g/mol.